The highest BCUT2D eigenvalue weighted by Crippen LogP contribution is 2.24. The fraction of sp³-hybridized carbons (Fsp3) is 0.111. The summed E-state index contributed by atoms with van der Waals surface area (Å²) in [6.45, 7) is 1.64. The zero-order chi connectivity index (χ0) is 12.6. The molecule has 17 heavy (non-hydrogen) atoms. The number of nitrogens with zero attached hydrogens (tertiary/aromatic N) is 3. The highest BCUT2D eigenvalue weighted by molar-refractivity contribution is 7.89. The van der Waals surface area contributed by atoms with Crippen molar-refractivity contribution in [1.82, 2.24) is 14.8 Å². The molecular weight excluding hydrogens is 242 g/mol. The summed E-state index contributed by atoms with van der Waals surface area (Å²) in [5, 5.41) is 9.05. The average molecular weight is 253 g/mol. The fourth-order valence-corrected chi connectivity index (χ4v) is 2.39. The Labute approximate surface area is 98.1 Å². The van der Waals surface area contributed by atoms with Gasteiger partial charge in [-0.25, -0.2) is 23.2 Å². The zero-order valence-electron chi connectivity index (χ0n) is 9.03. The van der Waals surface area contributed by atoms with Gasteiger partial charge in [-0.15, -0.1) is 0 Å². The van der Waals surface area contributed by atoms with E-state index in [1.807, 2.05) is 0 Å². The molecule has 0 aliphatic carbocycles. The smallest absolute Gasteiger partial charge is 0.238 e. The van der Waals surface area contributed by atoms with Crippen LogP contribution in [0.15, 0.2) is 29.7 Å². The number of sulfonamides is 1. The quantitative estimate of drug-likeness (QED) is 0.719. The number of aromatic nitrogens is 3. The van der Waals surface area contributed by atoms with Crippen LogP contribution in [-0.4, -0.2) is 23.2 Å². The van der Waals surface area contributed by atoms with Gasteiger partial charge in [-0.1, -0.05) is 0 Å². The number of nitrogens with two attached hydrogens (primary N) is 2. The van der Waals surface area contributed by atoms with Gasteiger partial charge in [-0.2, -0.15) is 5.10 Å². The van der Waals surface area contributed by atoms with Crippen molar-refractivity contribution >= 4 is 15.7 Å². The molecular formula is C9H11N5O2S. The molecule has 1 aromatic heterocycles. The number of anilines is 1. The van der Waals surface area contributed by atoms with Crippen LogP contribution in [0, 0.1) is 6.92 Å². The van der Waals surface area contributed by atoms with Crippen molar-refractivity contribution in [3.8, 4) is 5.69 Å². The van der Waals surface area contributed by atoms with E-state index in [0.717, 1.165) is 0 Å². The monoisotopic (exact) mass is 253 g/mol. The van der Waals surface area contributed by atoms with Crippen LogP contribution in [0.5, 0.6) is 0 Å². The van der Waals surface area contributed by atoms with Gasteiger partial charge in [0.1, 0.15) is 12.7 Å². The summed E-state index contributed by atoms with van der Waals surface area (Å²) in [5.74, 6) is 0. The first-order valence-corrected chi connectivity index (χ1v) is 6.22. The lowest BCUT2D eigenvalue weighted by molar-refractivity contribution is 0.597. The third-order valence-corrected chi connectivity index (χ3v) is 3.36. The maximum Gasteiger partial charge on any atom is 0.238 e. The van der Waals surface area contributed by atoms with Crippen LogP contribution >= 0.6 is 0 Å². The fourth-order valence-electron chi connectivity index (χ4n) is 1.56. The van der Waals surface area contributed by atoms with Crippen molar-refractivity contribution in [2.24, 2.45) is 5.14 Å². The number of benzene rings is 1. The van der Waals surface area contributed by atoms with Crippen molar-refractivity contribution in [3.05, 3.63) is 30.4 Å². The molecule has 0 saturated heterocycles. The minimum Gasteiger partial charge on any atom is -0.399 e. The summed E-state index contributed by atoms with van der Waals surface area (Å²) in [7, 11) is -3.81. The second-order valence-electron chi connectivity index (χ2n) is 3.55. The van der Waals surface area contributed by atoms with Gasteiger partial charge in [0.15, 0.2) is 0 Å². The van der Waals surface area contributed by atoms with Crippen molar-refractivity contribution in [3.63, 3.8) is 0 Å². The number of hydrogen-bond donors (Lipinski definition) is 2. The van der Waals surface area contributed by atoms with Crippen LogP contribution in [0.2, 0.25) is 0 Å². The standard InChI is InChI=1S/C9H11N5O2S/c1-6-8(14-5-12-4-13-14)2-7(10)3-9(6)17(11,15)16/h2-5H,10H2,1H3,(H2,11,15,16). The molecule has 0 saturated carbocycles. The molecule has 7 nitrogen and oxygen atoms in total. The van der Waals surface area contributed by atoms with Crippen molar-refractivity contribution < 1.29 is 8.42 Å². The third-order valence-electron chi connectivity index (χ3n) is 2.33. The molecule has 0 spiro atoms. The normalized spacial score (nSPS) is 11.6. The highest BCUT2D eigenvalue weighted by atomic mass is 32.2. The summed E-state index contributed by atoms with van der Waals surface area (Å²) in [5.41, 5.74) is 6.96. The van der Waals surface area contributed by atoms with Crippen LogP contribution in [0.3, 0.4) is 0 Å². The average Bonchev–Trinajstić information content (AvgIpc) is 2.72. The van der Waals surface area contributed by atoms with E-state index in [0.29, 0.717) is 16.9 Å². The Kier molecular flexibility index (Phi) is 2.60. The molecule has 0 amide bonds. The van der Waals surface area contributed by atoms with Crippen LogP contribution in [0.25, 0.3) is 5.69 Å². The van der Waals surface area contributed by atoms with Crippen LogP contribution in [0.1, 0.15) is 5.56 Å². The Morgan fingerprint density at radius 2 is 2.06 bits per heavy atom. The third kappa shape index (κ3) is 2.12. The van der Waals surface area contributed by atoms with Gasteiger partial charge >= 0.3 is 0 Å². The first-order valence-electron chi connectivity index (χ1n) is 4.67. The van der Waals surface area contributed by atoms with Crippen molar-refractivity contribution in [1.29, 1.82) is 0 Å². The largest absolute Gasteiger partial charge is 0.399 e. The minimum absolute atomic E-state index is 0.0111. The lowest BCUT2D eigenvalue weighted by atomic mass is 10.2. The number of primary sulfonamides is 1. The molecule has 0 fully saturated rings. The van der Waals surface area contributed by atoms with E-state index in [-0.39, 0.29) is 4.90 Å². The van der Waals surface area contributed by atoms with E-state index >= 15 is 0 Å². The zero-order valence-corrected chi connectivity index (χ0v) is 9.85. The topological polar surface area (TPSA) is 117 Å². The van der Waals surface area contributed by atoms with Gasteiger partial charge in [-0.05, 0) is 24.6 Å². The molecule has 0 bridgehead atoms. The lowest BCUT2D eigenvalue weighted by Crippen LogP contribution is -2.15. The summed E-state index contributed by atoms with van der Waals surface area (Å²) < 4.78 is 24.2. The highest BCUT2D eigenvalue weighted by Gasteiger charge is 2.16. The number of rotatable bonds is 2. The molecule has 1 aromatic carbocycles. The molecule has 0 aliphatic rings. The minimum atomic E-state index is -3.81. The van der Waals surface area contributed by atoms with Gasteiger partial charge in [-0.3, -0.25) is 0 Å². The second kappa shape index (κ2) is 3.82. The summed E-state index contributed by atoms with van der Waals surface area (Å²) in [6, 6.07) is 2.93. The predicted molar refractivity (Wildman–Crippen MR) is 61.9 cm³/mol. The van der Waals surface area contributed by atoms with Gasteiger partial charge in [0, 0.05) is 5.69 Å². The van der Waals surface area contributed by atoms with Gasteiger partial charge in [0.25, 0.3) is 0 Å². The molecule has 0 aliphatic heterocycles. The van der Waals surface area contributed by atoms with E-state index in [1.165, 1.54) is 23.4 Å². The van der Waals surface area contributed by atoms with E-state index in [4.69, 9.17) is 10.9 Å². The Bertz CT molecular complexity index is 648. The molecule has 0 atom stereocenters. The summed E-state index contributed by atoms with van der Waals surface area (Å²) in [4.78, 5) is 3.78. The molecule has 0 unspecified atom stereocenters. The molecule has 2 aromatic rings. The number of hydrogen-bond acceptors (Lipinski definition) is 5. The Morgan fingerprint density at radius 3 is 2.59 bits per heavy atom. The molecule has 2 rings (SSSR count). The molecule has 4 N–H and O–H groups in total. The maximum absolute atomic E-state index is 11.4. The second-order valence-corrected chi connectivity index (χ2v) is 5.08. The van der Waals surface area contributed by atoms with Gasteiger partial charge < -0.3 is 5.73 Å². The lowest BCUT2D eigenvalue weighted by Gasteiger charge is -2.10. The van der Waals surface area contributed by atoms with E-state index in [1.54, 1.807) is 13.0 Å². The van der Waals surface area contributed by atoms with Crippen molar-refractivity contribution in [2.45, 2.75) is 11.8 Å². The van der Waals surface area contributed by atoms with Crippen LogP contribution < -0.4 is 10.9 Å². The van der Waals surface area contributed by atoms with E-state index in [2.05, 4.69) is 10.1 Å². The Balaban J connectivity index is 2.75. The van der Waals surface area contributed by atoms with Gasteiger partial charge in [0.2, 0.25) is 10.0 Å². The predicted octanol–water partition coefficient (Wildman–Crippen LogP) is -0.195. The number of nitrogen functional groups attached to an aromatic ring is 1. The van der Waals surface area contributed by atoms with Crippen molar-refractivity contribution in [2.75, 3.05) is 5.73 Å². The first kappa shape index (κ1) is 11.6. The van der Waals surface area contributed by atoms with E-state index in [9.17, 15) is 8.42 Å². The van der Waals surface area contributed by atoms with Crippen LogP contribution in [-0.2, 0) is 10.0 Å². The SMILES string of the molecule is Cc1c(-n2cncn2)cc(N)cc1S(N)(=O)=O. The Morgan fingerprint density at radius 1 is 1.35 bits per heavy atom. The molecule has 90 valence electrons. The van der Waals surface area contributed by atoms with Crippen LogP contribution in [0.4, 0.5) is 5.69 Å². The molecule has 1 heterocycles. The molecule has 0 radical (unpaired) electrons. The maximum atomic E-state index is 11.4. The summed E-state index contributed by atoms with van der Waals surface area (Å²) >= 11 is 0. The molecule has 8 heteroatoms. The first-order chi connectivity index (χ1) is 7.89. The van der Waals surface area contributed by atoms with Gasteiger partial charge in [0.05, 0.1) is 10.6 Å². The Hall–Kier alpha value is -1.93. The summed E-state index contributed by atoms with van der Waals surface area (Å²) in [6.07, 6.45) is 2.80. The van der Waals surface area contributed by atoms with E-state index < -0.39 is 10.0 Å².